The Morgan fingerprint density at radius 3 is 2.93 bits per heavy atom. The molecule has 0 aliphatic heterocycles. The first-order valence-electron chi connectivity index (χ1n) is 4.73. The Morgan fingerprint density at radius 2 is 2.07 bits per heavy atom. The zero-order valence-corrected chi connectivity index (χ0v) is 8.16. The summed E-state index contributed by atoms with van der Waals surface area (Å²) in [6.07, 6.45) is 0. The van der Waals surface area contributed by atoms with Crippen molar-refractivity contribution in [1.29, 1.82) is 0 Å². The average molecular weight is 199 g/mol. The smallest absolute Gasteiger partial charge is 0.200 e. The molecule has 0 fully saturated rings. The van der Waals surface area contributed by atoms with Gasteiger partial charge in [-0.15, -0.1) is 0 Å². The maximum absolute atomic E-state index is 12.1. The molecule has 0 saturated carbocycles. The van der Waals surface area contributed by atoms with Crippen LogP contribution in [0.4, 0.5) is 0 Å². The van der Waals surface area contributed by atoms with Crippen LogP contribution in [0.1, 0.15) is 5.69 Å². The van der Waals surface area contributed by atoms with Gasteiger partial charge < -0.3 is 4.98 Å². The Labute approximate surface area is 84.9 Å². The van der Waals surface area contributed by atoms with Gasteiger partial charge in [-0.2, -0.15) is 5.10 Å². The van der Waals surface area contributed by atoms with Crippen molar-refractivity contribution in [3.05, 3.63) is 40.2 Å². The molecule has 0 aliphatic carbocycles. The summed E-state index contributed by atoms with van der Waals surface area (Å²) in [6, 6.07) is 7.45. The van der Waals surface area contributed by atoms with Crippen LogP contribution >= 0.6 is 0 Å². The summed E-state index contributed by atoms with van der Waals surface area (Å²) in [5.74, 6) is 0. The number of para-hydroxylation sites is 1. The fraction of sp³-hybridized carbons (Fsp3) is 0.0909. The van der Waals surface area contributed by atoms with Crippen molar-refractivity contribution < 1.29 is 0 Å². The van der Waals surface area contributed by atoms with Crippen LogP contribution in [0, 0.1) is 6.92 Å². The van der Waals surface area contributed by atoms with Crippen LogP contribution in [0.5, 0.6) is 0 Å². The van der Waals surface area contributed by atoms with Crippen LogP contribution in [0.15, 0.2) is 29.1 Å². The lowest BCUT2D eigenvalue weighted by Crippen LogP contribution is -2.03. The second-order valence-corrected chi connectivity index (χ2v) is 3.57. The molecule has 1 aromatic carbocycles. The highest BCUT2D eigenvalue weighted by atomic mass is 16.1. The van der Waals surface area contributed by atoms with E-state index in [2.05, 4.69) is 15.2 Å². The average Bonchev–Trinajstić information content (AvgIpc) is 2.61. The molecular formula is C11H9N3O. The molecule has 3 aromatic rings. The predicted molar refractivity (Wildman–Crippen MR) is 59.0 cm³/mol. The first-order chi connectivity index (χ1) is 7.27. The number of nitrogens with one attached hydrogen (secondary N) is 2. The zero-order chi connectivity index (χ0) is 10.4. The van der Waals surface area contributed by atoms with Gasteiger partial charge in [-0.05, 0) is 19.1 Å². The highest BCUT2D eigenvalue weighted by Gasteiger charge is 2.09. The van der Waals surface area contributed by atoms with Gasteiger partial charge in [0.15, 0.2) is 5.65 Å². The highest BCUT2D eigenvalue weighted by Crippen LogP contribution is 2.14. The molecule has 4 nitrogen and oxygen atoms in total. The van der Waals surface area contributed by atoms with E-state index in [9.17, 15) is 4.79 Å². The number of hydrogen-bond acceptors (Lipinski definition) is 2. The Hall–Kier alpha value is -2.10. The quantitative estimate of drug-likeness (QED) is 0.579. The maximum Gasteiger partial charge on any atom is 0.200 e. The third-order valence-electron chi connectivity index (χ3n) is 2.60. The van der Waals surface area contributed by atoms with E-state index in [1.54, 1.807) is 0 Å². The molecule has 0 unspecified atom stereocenters. The van der Waals surface area contributed by atoms with Crippen LogP contribution in [0.3, 0.4) is 0 Å². The van der Waals surface area contributed by atoms with Crippen molar-refractivity contribution in [3.8, 4) is 0 Å². The van der Waals surface area contributed by atoms with Gasteiger partial charge in [0.05, 0.1) is 10.9 Å². The van der Waals surface area contributed by atoms with Gasteiger partial charge in [0.25, 0.3) is 0 Å². The van der Waals surface area contributed by atoms with E-state index in [1.165, 1.54) is 0 Å². The van der Waals surface area contributed by atoms with Crippen LogP contribution in [0.25, 0.3) is 21.9 Å². The molecule has 0 amide bonds. The van der Waals surface area contributed by atoms with Crippen LogP contribution in [0.2, 0.25) is 0 Å². The molecule has 3 rings (SSSR count). The summed E-state index contributed by atoms with van der Waals surface area (Å²) in [5.41, 5.74) is 2.28. The van der Waals surface area contributed by atoms with Crippen molar-refractivity contribution in [1.82, 2.24) is 15.2 Å². The summed E-state index contributed by atoms with van der Waals surface area (Å²) < 4.78 is 0. The van der Waals surface area contributed by atoms with E-state index in [-0.39, 0.29) is 5.43 Å². The normalized spacial score (nSPS) is 11.3. The van der Waals surface area contributed by atoms with Gasteiger partial charge in [-0.1, -0.05) is 12.1 Å². The Kier molecular flexibility index (Phi) is 1.48. The summed E-state index contributed by atoms with van der Waals surface area (Å²) in [7, 11) is 0. The van der Waals surface area contributed by atoms with E-state index >= 15 is 0 Å². The molecule has 0 aliphatic rings. The monoisotopic (exact) mass is 199 g/mol. The minimum atomic E-state index is 0.0330. The van der Waals surface area contributed by atoms with E-state index < -0.39 is 0 Å². The predicted octanol–water partition coefficient (Wildman–Crippen LogP) is 1.71. The van der Waals surface area contributed by atoms with E-state index in [4.69, 9.17) is 0 Å². The third kappa shape index (κ3) is 1.01. The summed E-state index contributed by atoms with van der Waals surface area (Å²) in [5, 5.41) is 8.21. The van der Waals surface area contributed by atoms with Crippen molar-refractivity contribution in [2.24, 2.45) is 0 Å². The number of fused-ring (bicyclic) bond motifs is 2. The number of hydrogen-bond donors (Lipinski definition) is 2. The van der Waals surface area contributed by atoms with E-state index in [0.717, 1.165) is 11.2 Å². The SMILES string of the molecule is Cc1[nH]nc2[nH]c3ccccc3c(=O)c12. The minimum absolute atomic E-state index is 0.0330. The fourth-order valence-electron chi connectivity index (χ4n) is 1.85. The lowest BCUT2D eigenvalue weighted by atomic mass is 10.1. The number of nitrogens with zero attached hydrogens (tertiary/aromatic N) is 1. The second kappa shape index (κ2) is 2.70. The summed E-state index contributed by atoms with van der Waals surface area (Å²) in [6.45, 7) is 1.85. The lowest BCUT2D eigenvalue weighted by molar-refractivity contribution is 1.06. The Bertz CT molecular complexity index is 708. The van der Waals surface area contributed by atoms with Crippen molar-refractivity contribution >= 4 is 21.9 Å². The van der Waals surface area contributed by atoms with Crippen molar-refractivity contribution in [3.63, 3.8) is 0 Å². The highest BCUT2D eigenvalue weighted by molar-refractivity contribution is 5.91. The molecule has 0 saturated heterocycles. The first-order valence-corrected chi connectivity index (χ1v) is 4.73. The van der Waals surface area contributed by atoms with E-state index in [1.807, 2.05) is 31.2 Å². The number of H-pyrrole nitrogens is 2. The standard InChI is InChI=1S/C11H9N3O/c1-6-9-10(15)7-4-2-3-5-8(7)12-11(9)14-13-6/h2-5H,1H3,(H2,12,13,14,15). The third-order valence-corrected chi connectivity index (χ3v) is 2.60. The van der Waals surface area contributed by atoms with Gasteiger partial charge in [-0.3, -0.25) is 9.89 Å². The summed E-state index contributed by atoms with van der Waals surface area (Å²) >= 11 is 0. The lowest BCUT2D eigenvalue weighted by Gasteiger charge is -1.96. The van der Waals surface area contributed by atoms with Gasteiger partial charge in [0.2, 0.25) is 5.43 Å². The molecule has 0 radical (unpaired) electrons. The van der Waals surface area contributed by atoms with Crippen molar-refractivity contribution in [2.45, 2.75) is 6.92 Å². The Morgan fingerprint density at radius 1 is 1.27 bits per heavy atom. The number of aromatic amines is 2. The van der Waals surface area contributed by atoms with Crippen molar-refractivity contribution in [2.75, 3.05) is 0 Å². The molecular weight excluding hydrogens is 190 g/mol. The Balaban J connectivity index is 2.69. The first kappa shape index (κ1) is 8.23. The van der Waals surface area contributed by atoms with Gasteiger partial charge >= 0.3 is 0 Å². The molecule has 2 aromatic heterocycles. The number of pyridine rings is 1. The minimum Gasteiger partial charge on any atom is -0.338 e. The molecule has 4 heteroatoms. The van der Waals surface area contributed by atoms with E-state index in [0.29, 0.717) is 16.4 Å². The number of aromatic nitrogens is 3. The molecule has 0 atom stereocenters. The maximum atomic E-state index is 12.1. The van der Waals surface area contributed by atoms with Crippen LogP contribution < -0.4 is 5.43 Å². The summed E-state index contributed by atoms with van der Waals surface area (Å²) in [4.78, 5) is 15.2. The molecule has 0 bridgehead atoms. The molecule has 15 heavy (non-hydrogen) atoms. The van der Waals surface area contributed by atoms with Crippen LogP contribution in [-0.4, -0.2) is 15.2 Å². The largest absolute Gasteiger partial charge is 0.338 e. The van der Waals surface area contributed by atoms with Gasteiger partial charge in [0.1, 0.15) is 0 Å². The van der Waals surface area contributed by atoms with Gasteiger partial charge in [0, 0.05) is 11.1 Å². The zero-order valence-electron chi connectivity index (χ0n) is 8.16. The topological polar surface area (TPSA) is 61.5 Å². The number of aryl methyl sites for hydroxylation is 1. The van der Waals surface area contributed by atoms with Gasteiger partial charge in [-0.25, -0.2) is 0 Å². The fourth-order valence-corrected chi connectivity index (χ4v) is 1.85. The molecule has 2 N–H and O–H groups in total. The number of rotatable bonds is 0. The second-order valence-electron chi connectivity index (χ2n) is 3.57. The molecule has 2 heterocycles. The molecule has 74 valence electrons. The molecule has 0 spiro atoms. The number of benzene rings is 1. The van der Waals surface area contributed by atoms with Crippen LogP contribution in [-0.2, 0) is 0 Å².